The molecule has 1 atom stereocenters. The quantitative estimate of drug-likeness (QED) is 0.235. The Bertz CT molecular complexity index is 1690. The fourth-order valence-corrected chi connectivity index (χ4v) is 5.97. The summed E-state index contributed by atoms with van der Waals surface area (Å²) < 4.78 is 9.86. The van der Waals surface area contributed by atoms with Gasteiger partial charge >= 0.3 is 0 Å². The van der Waals surface area contributed by atoms with Gasteiger partial charge in [-0.1, -0.05) is 48.0 Å². The summed E-state index contributed by atoms with van der Waals surface area (Å²) in [5.74, 6) is 1.05. The van der Waals surface area contributed by atoms with Crippen molar-refractivity contribution in [3.05, 3.63) is 123 Å². The number of ether oxygens (including phenoxy) is 1. The Labute approximate surface area is 227 Å². The van der Waals surface area contributed by atoms with Gasteiger partial charge in [-0.25, -0.2) is 0 Å². The lowest BCUT2D eigenvalue weighted by atomic mass is 9.90. The minimum absolute atomic E-state index is 0.137. The van der Waals surface area contributed by atoms with E-state index in [1.807, 2.05) is 25.1 Å². The average molecular weight is 524 g/mol. The number of benzene rings is 2. The summed E-state index contributed by atoms with van der Waals surface area (Å²) in [6, 6.07) is 22.4. The second kappa shape index (κ2) is 10.1. The number of fused-ring (bicyclic) bond motifs is 3. The number of pyridine rings is 2. The van der Waals surface area contributed by atoms with Crippen LogP contribution >= 0.6 is 11.6 Å². The van der Waals surface area contributed by atoms with Gasteiger partial charge in [-0.3, -0.25) is 14.3 Å². The van der Waals surface area contributed by atoms with Crippen LogP contribution in [-0.4, -0.2) is 14.1 Å². The van der Waals surface area contributed by atoms with Crippen molar-refractivity contribution in [1.29, 1.82) is 0 Å². The van der Waals surface area contributed by atoms with Gasteiger partial charge in [0.2, 0.25) is 0 Å². The minimum Gasteiger partial charge on any atom is -0.487 e. The molecule has 0 saturated heterocycles. The topological polar surface area (TPSA) is 49.0 Å². The second-order valence-electron chi connectivity index (χ2n) is 10.2. The number of rotatable bonds is 5. The minimum atomic E-state index is -0.137. The molecular formula is C32H30ClN3O2. The Morgan fingerprint density at radius 1 is 1.08 bits per heavy atom. The van der Waals surface area contributed by atoms with E-state index in [0.717, 1.165) is 35.3 Å². The van der Waals surface area contributed by atoms with Gasteiger partial charge in [-0.15, -0.1) is 0 Å². The first-order valence-electron chi connectivity index (χ1n) is 13.1. The fourth-order valence-electron chi connectivity index (χ4n) is 5.76. The molecule has 6 heteroatoms. The molecule has 192 valence electrons. The smallest absolute Gasteiger partial charge is 0.258 e. The highest BCUT2D eigenvalue weighted by Gasteiger charge is 2.23. The molecule has 5 nitrogen and oxygen atoms in total. The van der Waals surface area contributed by atoms with Gasteiger partial charge in [0.05, 0.1) is 21.9 Å². The van der Waals surface area contributed by atoms with Crippen LogP contribution in [0.15, 0.2) is 83.9 Å². The van der Waals surface area contributed by atoms with E-state index in [-0.39, 0.29) is 12.2 Å². The number of hydrogen-bond acceptors (Lipinski definition) is 3. The van der Waals surface area contributed by atoms with Crippen LogP contribution < -0.4 is 10.3 Å². The molecule has 1 aliphatic rings. The molecule has 0 aliphatic heterocycles. The van der Waals surface area contributed by atoms with Crippen LogP contribution in [0, 0.1) is 6.92 Å². The Morgan fingerprint density at radius 2 is 1.92 bits per heavy atom. The summed E-state index contributed by atoms with van der Waals surface area (Å²) in [6.07, 6.45) is 7.88. The van der Waals surface area contributed by atoms with E-state index in [0.29, 0.717) is 16.7 Å². The lowest BCUT2D eigenvalue weighted by molar-refractivity contribution is 0.299. The lowest BCUT2D eigenvalue weighted by Gasteiger charge is -2.15. The van der Waals surface area contributed by atoms with Crippen LogP contribution in [0.25, 0.3) is 16.6 Å². The van der Waals surface area contributed by atoms with E-state index < -0.39 is 0 Å². The van der Waals surface area contributed by atoms with Crippen LogP contribution in [0.3, 0.4) is 0 Å². The molecule has 0 radical (unpaired) electrons. The van der Waals surface area contributed by atoms with Crippen LogP contribution in [0.1, 0.15) is 46.8 Å². The molecule has 0 saturated carbocycles. The molecule has 1 aliphatic carbocycles. The zero-order valence-corrected chi connectivity index (χ0v) is 22.4. The van der Waals surface area contributed by atoms with Gasteiger partial charge in [0.15, 0.2) is 0 Å². The molecule has 3 heterocycles. The highest BCUT2D eigenvalue weighted by Crippen LogP contribution is 2.37. The van der Waals surface area contributed by atoms with Crippen molar-refractivity contribution in [2.45, 2.75) is 45.1 Å². The van der Waals surface area contributed by atoms with E-state index in [1.54, 1.807) is 17.0 Å². The molecule has 5 aromatic rings. The molecule has 0 fully saturated rings. The van der Waals surface area contributed by atoms with Gasteiger partial charge in [0, 0.05) is 36.6 Å². The lowest BCUT2D eigenvalue weighted by Crippen LogP contribution is -2.17. The first-order valence-corrected chi connectivity index (χ1v) is 13.5. The largest absolute Gasteiger partial charge is 0.487 e. The monoisotopic (exact) mass is 523 g/mol. The highest BCUT2D eigenvalue weighted by atomic mass is 35.5. The third kappa shape index (κ3) is 4.63. The third-order valence-corrected chi connectivity index (χ3v) is 8.01. The van der Waals surface area contributed by atoms with Crippen LogP contribution in [0.4, 0.5) is 0 Å². The summed E-state index contributed by atoms with van der Waals surface area (Å²) >= 11 is 6.00. The van der Waals surface area contributed by atoms with E-state index in [2.05, 4.69) is 59.1 Å². The van der Waals surface area contributed by atoms with Crippen molar-refractivity contribution in [2.24, 2.45) is 7.05 Å². The normalized spacial score (nSPS) is 15.3. The standard InChI is InChI=1S/C32H30ClN3O2/c1-21-15-24(33)19-34-29(21)20-38-26-13-14-36(32(37)18-26)25-11-12-27-28-16-23(22-7-4-3-5-8-22)9-6-10-30(28)35(2)31(27)17-25/h3-5,7-8,11-15,17-19,23H,6,9-10,16,20H2,1-2H3. The number of hydrogen-bond donors (Lipinski definition) is 0. The number of aryl methyl sites for hydroxylation is 2. The Kier molecular flexibility index (Phi) is 6.54. The van der Waals surface area contributed by atoms with E-state index in [9.17, 15) is 4.79 Å². The molecule has 0 N–H and O–H groups in total. The van der Waals surface area contributed by atoms with Crippen LogP contribution in [0.2, 0.25) is 5.02 Å². The van der Waals surface area contributed by atoms with Crippen LogP contribution in [0.5, 0.6) is 5.75 Å². The van der Waals surface area contributed by atoms with Crippen molar-refractivity contribution >= 4 is 22.5 Å². The molecule has 0 bridgehead atoms. The molecule has 2 aromatic carbocycles. The van der Waals surface area contributed by atoms with E-state index in [1.165, 1.54) is 41.1 Å². The van der Waals surface area contributed by atoms with Gasteiger partial charge in [-0.2, -0.15) is 0 Å². The first-order chi connectivity index (χ1) is 18.5. The maximum Gasteiger partial charge on any atom is 0.258 e. The number of aromatic nitrogens is 3. The van der Waals surface area contributed by atoms with Gasteiger partial charge in [0.25, 0.3) is 5.56 Å². The fraction of sp³-hybridized carbons (Fsp3) is 0.250. The van der Waals surface area contributed by atoms with E-state index in [4.69, 9.17) is 16.3 Å². The third-order valence-electron chi connectivity index (χ3n) is 7.81. The predicted molar refractivity (Wildman–Crippen MR) is 153 cm³/mol. The molecule has 6 rings (SSSR count). The second-order valence-corrected chi connectivity index (χ2v) is 10.6. The summed E-state index contributed by atoms with van der Waals surface area (Å²) in [7, 11) is 2.15. The number of halogens is 1. The van der Waals surface area contributed by atoms with Crippen molar-refractivity contribution in [3.63, 3.8) is 0 Å². The first kappa shape index (κ1) is 24.5. The summed E-state index contributed by atoms with van der Waals surface area (Å²) in [6.45, 7) is 2.22. The molecule has 38 heavy (non-hydrogen) atoms. The van der Waals surface area contributed by atoms with Crippen molar-refractivity contribution in [3.8, 4) is 11.4 Å². The van der Waals surface area contributed by atoms with Gasteiger partial charge < -0.3 is 9.30 Å². The summed E-state index contributed by atoms with van der Waals surface area (Å²) in [5, 5.41) is 1.88. The average Bonchev–Trinajstić information content (AvgIpc) is 3.06. The van der Waals surface area contributed by atoms with E-state index >= 15 is 0 Å². The SMILES string of the molecule is Cc1cc(Cl)cnc1COc1ccn(-c2ccc3c4c(n(C)c3c2)CCCC(c2ccccc2)C4)c(=O)c1. The Balaban J connectivity index is 1.28. The predicted octanol–water partition coefficient (Wildman–Crippen LogP) is 6.93. The van der Waals surface area contributed by atoms with Gasteiger partial charge in [0.1, 0.15) is 12.4 Å². The maximum atomic E-state index is 13.1. The summed E-state index contributed by atoms with van der Waals surface area (Å²) in [5.41, 5.74) is 7.90. The van der Waals surface area contributed by atoms with Crippen molar-refractivity contribution in [2.75, 3.05) is 0 Å². The van der Waals surface area contributed by atoms with Crippen LogP contribution in [-0.2, 0) is 26.5 Å². The highest BCUT2D eigenvalue weighted by molar-refractivity contribution is 6.30. The Hall–Kier alpha value is -3.83. The van der Waals surface area contributed by atoms with Crippen molar-refractivity contribution < 1.29 is 4.74 Å². The summed E-state index contributed by atoms with van der Waals surface area (Å²) in [4.78, 5) is 17.4. The molecular weight excluding hydrogens is 494 g/mol. The van der Waals surface area contributed by atoms with Gasteiger partial charge in [-0.05, 0) is 79.5 Å². The zero-order chi connectivity index (χ0) is 26.2. The molecule has 3 aromatic heterocycles. The molecule has 0 amide bonds. The zero-order valence-electron chi connectivity index (χ0n) is 21.7. The number of nitrogens with zero attached hydrogens (tertiary/aromatic N) is 3. The maximum absolute atomic E-state index is 13.1. The Morgan fingerprint density at radius 3 is 2.71 bits per heavy atom. The van der Waals surface area contributed by atoms with Crippen molar-refractivity contribution in [1.82, 2.24) is 14.1 Å². The molecule has 1 unspecified atom stereocenters. The molecule has 0 spiro atoms.